The van der Waals surface area contributed by atoms with E-state index in [1.54, 1.807) is 21.9 Å². The van der Waals surface area contributed by atoms with Gasteiger partial charge in [-0.1, -0.05) is 55.5 Å². The zero-order chi connectivity index (χ0) is 32.9. The Bertz CT molecular complexity index is 1730. The Labute approximate surface area is 275 Å². The number of likely N-dealkylation sites (N-methyl/N-ethyl adjacent to an activating group) is 1. The molecule has 3 heterocycles. The Balaban J connectivity index is 1.24. The Hall–Kier alpha value is -5.16. The van der Waals surface area contributed by atoms with Crippen LogP contribution in [0.3, 0.4) is 0 Å². The number of hydrogen-bond acceptors (Lipinski definition) is 7. The molecule has 6 rings (SSSR count). The molecule has 0 aliphatic carbocycles. The van der Waals surface area contributed by atoms with Gasteiger partial charge >= 0.3 is 12.1 Å². The standard InChI is InChI=1S/C36H41N7O4/c1-4-27-13-9-10-14-31(27)42(5-2)35(45)41-23-30-32(24-41)43(36(46)47-25-26-11-7-6-8-12-26)38-33(30)37-34(44)28-15-17-29(18-16-28)40-21-19-39(3)20-22-40/h6-18H,4-5,19-25H2,1-3H3,(H,37,38,44). The first-order valence-corrected chi connectivity index (χ1v) is 16.2. The Morgan fingerprint density at radius 1 is 0.872 bits per heavy atom. The molecule has 11 heteroatoms. The fourth-order valence-corrected chi connectivity index (χ4v) is 6.13. The second-order valence-corrected chi connectivity index (χ2v) is 11.9. The molecule has 244 valence electrons. The number of nitrogens with zero attached hydrogens (tertiary/aromatic N) is 6. The number of aryl methyl sites for hydroxylation is 1. The first-order valence-electron chi connectivity index (χ1n) is 16.2. The Kier molecular flexibility index (Phi) is 9.53. The summed E-state index contributed by atoms with van der Waals surface area (Å²) in [7, 11) is 2.12. The lowest BCUT2D eigenvalue weighted by Crippen LogP contribution is -2.44. The number of piperazine rings is 1. The molecule has 2 aliphatic heterocycles. The molecule has 3 amide bonds. The van der Waals surface area contributed by atoms with Gasteiger partial charge in [0, 0.05) is 55.2 Å². The van der Waals surface area contributed by atoms with E-state index in [0.29, 0.717) is 23.4 Å². The highest BCUT2D eigenvalue weighted by atomic mass is 16.6. The third-order valence-electron chi connectivity index (χ3n) is 8.87. The Morgan fingerprint density at radius 3 is 2.28 bits per heavy atom. The number of fused-ring (bicyclic) bond motifs is 1. The van der Waals surface area contributed by atoms with Gasteiger partial charge in [-0.15, -0.1) is 5.10 Å². The van der Waals surface area contributed by atoms with Crippen molar-refractivity contribution in [2.24, 2.45) is 0 Å². The van der Waals surface area contributed by atoms with Crippen molar-refractivity contribution in [3.8, 4) is 0 Å². The van der Waals surface area contributed by atoms with Gasteiger partial charge in [0.15, 0.2) is 5.82 Å². The molecule has 11 nitrogen and oxygen atoms in total. The molecular formula is C36H41N7O4. The highest BCUT2D eigenvalue weighted by molar-refractivity contribution is 6.04. The van der Waals surface area contributed by atoms with Gasteiger partial charge in [-0.3, -0.25) is 9.69 Å². The minimum Gasteiger partial charge on any atom is -0.443 e. The molecule has 1 fully saturated rings. The summed E-state index contributed by atoms with van der Waals surface area (Å²) in [6, 6.07) is 24.6. The third kappa shape index (κ3) is 6.85. The molecule has 0 unspecified atom stereocenters. The summed E-state index contributed by atoms with van der Waals surface area (Å²) in [5.74, 6) is -0.117. The number of benzene rings is 3. The molecule has 1 saturated heterocycles. The second kappa shape index (κ2) is 14.1. The van der Waals surface area contributed by atoms with Crippen LogP contribution in [0.15, 0.2) is 78.9 Å². The third-order valence-corrected chi connectivity index (χ3v) is 8.87. The quantitative estimate of drug-likeness (QED) is 0.269. The monoisotopic (exact) mass is 635 g/mol. The van der Waals surface area contributed by atoms with E-state index in [9.17, 15) is 14.4 Å². The van der Waals surface area contributed by atoms with Gasteiger partial charge in [-0.2, -0.15) is 4.68 Å². The predicted molar refractivity (Wildman–Crippen MR) is 182 cm³/mol. The summed E-state index contributed by atoms with van der Waals surface area (Å²) < 4.78 is 6.79. The first kappa shape index (κ1) is 31.8. The summed E-state index contributed by atoms with van der Waals surface area (Å²) in [4.78, 5) is 48.8. The number of aromatic nitrogens is 2. The maximum absolute atomic E-state index is 14.0. The van der Waals surface area contributed by atoms with E-state index in [1.807, 2.05) is 73.7 Å². The molecule has 0 radical (unpaired) electrons. The molecule has 0 spiro atoms. The van der Waals surface area contributed by atoms with Gasteiger partial charge in [-0.05, 0) is 61.9 Å². The van der Waals surface area contributed by atoms with E-state index in [-0.39, 0.29) is 37.5 Å². The number of nitrogens with one attached hydrogen (secondary N) is 1. The van der Waals surface area contributed by atoms with Crippen LogP contribution in [0.5, 0.6) is 0 Å². The molecule has 0 atom stereocenters. The number of ether oxygens (including phenoxy) is 1. The first-order chi connectivity index (χ1) is 22.9. The summed E-state index contributed by atoms with van der Waals surface area (Å²) in [6.07, 6.45) is 0.106. The molecule has 1 N–H and O–H groups in total. The van der Waals surface area contributed by atoms with Crippen LogP contribution in [0, 0.1) is 0 Å². The molecule has 0 bridgehead atoms. The van der Waals surface area contributed by atoms with Crippen molar-refractivity contribution >= 4 is 35.2 Å². The van der Waals surface area contributed by atoms with Crippen molar-refractivity contribution in [1.29, 1.82) is 0 Å². The van der Waals surface area contributed by atoms with Crippen molar-refractivity contribution in [2.75, 3.05) is 54.9 Å². The van der Waals surface area contributed by atoms with Crippen LogP contribution in [-0.2, 0) is 30.9 Å². The molecule has 47 heavy (non-hydrogen) atoms. The number of amides is 3. The van der Waals surface area contributed by atoms with E-state index in [1.165, 1.54) is 4.68 Å². The SMILES string of the molecule is CCc1ccccc1N(CC)C(=O)N1Cc2c(NC(=O)c3ccc(N4CCN(C)CC4)cc3)nn(C(=O)OCc3ccccc3)c2C1. The summed E-state index contributed by atoms with van der Waals surface area (Å²) >= 11 is 0. The molecule has 3 aromatic carbocycles. The largest absolute Gasteiger partial charge is 0.443 e. The minimum absolute atomic E-state index is 0.0652. The van der Waals surface area contributed by atoms with Crippen molar-refractivity contribution < 1.29 is 19.1 Å². The molecule has 0 saturated carbocycles. The number of para-hydroxylation sites is 1. The fourth-order valence-electron chi connectivity index (χ4n) is 6.13. The number of carbonyl (C=O) groups is 3. The number of urea groups is 1. The zero-order valence-corrected chi connectivity index (χ0v) is 27.2. The van der Waals surface area contributed by atoms with Gasteiger partial charge in [0.05, 0.1) is 18.8 Å². The van der Waals surface area contributed by atoms with Gasteiger partial charge < -0.3 is 24.8 Å². The lowest BCUT2D eigenvalue weighted by atomic mass is 10.1. The smallest absolute Gasteiger partial charge is 0.435 e. The fraction of sp³-hybridized carbons (Fsp3) is 0.333. The van der Waals surface area contributed by atoms with Crippen molar-refractivity contribution in [2.45, 2.75) is 40.0 Å². The lowest BCUT2D eigenvalue weighted by molar-refractivity contribution is 0.102. The van der Waals surface area contributed by atoms with Crippen LogP contribution >= 0.6 is 0 Å². The van der Waals surface area contributed by atoms with Crippen LogP contribution < -0.4 is 15.1 Å². The summed E-state index contributed by atoms with van der Waals surface area (Å²) in [5.41, 5.74) is 5.42. The maximum Gasteiger partial charge on any atom is 0.435 e. The normalized spacial score (nSPS) is 14.5. The van der Waals surface area contributed by atoms with E-state index in [2.05, 4.69) is 34.2 Å². The van der Waals surface area contributed by atoms with E-state index in [0.717, 1.165) is 55.1 Å². The van der Waals surface area contributed by atoms with Gasteiger partial charge in [0.1, 0.15) is 6.61 Å². The molecular weight excluding hydrogens is 594 g/mol. The van der Waals surface area contributed by atoms with E-state index < -0.39 is 6.09 Å². The number of carbonyl (C=O) groups excluding carboxylic acids is 3. The van der Waals surface area contributed by atoms with E-state index >= 15 is 0 Å². The van der Waals surface area contributed by atoms with Crippen LogP contribution in [0.1, 0.15) is 46.6 Å². The van der Waals surface area contributed by atoms with Crippen molar-refractivity contribution in [3.05, 3.63) is 107 Å². The molecule has 4 aromatic rings. The summed E-state index contributed by atoms with van der Waals surface area (Å²) in [5, 5.41) is 7.41. The number of anilines is 3. The topological polar surface area (TPSA) is 103 Å². The highest BCUT2D eigenvalue weighted by Crippen LogP contribution is 2.32. The average molecular weight is 636 g/mol. The number of rotatable bonds is 8. The van der Waals surface area contributed by atoms with Gasteiger partial charge in [0.25, 0.3) is 5.91 Å². The number of hydrogen-bond donors (Lipinski definition) is 1. The van der Waals surface area contributed by atoms with Gasteiger partial charge in [0.2, 0.25) is 0 Å². The van der Waals surface area contributed by atoms with Crippen LogP contribution in [0.2, 0.25) is 0 Å². The van der Waals surface area contributed by atoms with E-state index in [4.69, 9.17) is 4.74 Å². The van der Waals surface area contributed by atoms with Crippen LogP contribution in [0.4, 0.5) is 26.8 Å². The van der Waals surface area contributed by atoms with Crippen molar-refractivity contribution in [3.63, 3.8) is 0 Å². The van der Waals surface area contributed by atoms with Gasteiger partial charge in [-0.25, -0.2) is 9.59 Å². The zero-order valence-electron chi connectivity index (χ0n) is 27.2. The minimum atomic E-state index is -0.680. The Morgan fingerprint density at radius 2 is 1.57 bits per heavy atom. The maximum atomic E-state index is 14.0. The lowest BCUT2D eigenvalue weighted by Gasteiger charge is -2.34. The highest BCUT2D eigenvalue weighted by Gasteiger charge is 2.36. The molecule has 2 aliphatic rings. The molecule has 1 aromatic heterocycles. The van der Waals surface area contributed by atoms with Crippen LogP contribution in [0.25, 0.3) is 0 Å². The average Bonchev–Trinajstić information content (AvgIpc) is 3.69. The summed E-state index contributed by atoms with van der Waals surface area (Å²) in [6.45, 7) is 8.71. The second-order valence-electron chi connectivity index (χ2n) is 11.9. The predicted octanol–water partition coefficient (Wildman–Crippen LogP) is 5.60. The van der Waals surface area contributed by atoms with Crippen LogP contribution in [-0.4, -0.2) is 77.4 Å². The van der Waals surface area contributed by atoms with Crippen molar-refractivity contribution in [1.82, 2.24) is 19.6 Å².